The number of anilines is 2. The summed E-state index contributed by atoms with van der Waals surface area (Å²) in [6.45, 7) is 3.85. The van der Waals surface area contributed by atoms with Crippen molar-refractivity contribution in [1.82, 2.24) is 0 Å². The topological polar surface area (TPSA) is 66.5 Å². The van der Waals surface area contributed by atoms with Gasteiger partial charge in [0.25, 0.3) is 0 Å². The fourth-order valence-corrected chi connectivity index (χ4v) is 3.45. The van der Waals surface area contributed by atoms with E-state index in [0.29, 0.717) is 17.7 Å². The number of nitrogens with zero attached hydrogens (tertiary/aromatic N) is 1. The fourth-order valence-electron chi connectivity index (χ4n) is 2.53. The van der Waals surface area contributed by atoms with E-state index < -0.39 is 27.6 Å². The standard InChI is InChI=1S/C19H22F2N2O3S/c1-13(2)14-4-7-16(8-5-14)22-19(24)10-11-23(27(3,25)26)18-9-6-15(20)12-17(18)21/h4-9,12-13H,10-11H2,1-3H3,(H,22,24). The molecule has 0 aliphatic heterocycles. The molecule has 0 saturated heterocycles. The van der Waals surface area contributed by atoms with Gasteiger partial charge in [0.05, 0.1) is 11.9 Å². The molecule has 0 unspecified atom stereocenters. The average Bonchev–Trinajstić information content (AvgIpc) is 2.56. The first-order chi connectivity index (χ1) is 12.6. The van der Waals surface area contributed by atoms with Crippen LogP contribution in [0.5, 0.6) is 0 Å². The minimum Gasteiger partial charge on any atom is -0.326 e. The highest BCUT2D eigenvalue weighted by Gasteiger charge is 2.22. The lowest BCUT2D eigenvalue weighted by Crippen LogP contribution is -2.33. The summed E-state index contributed by atoms with van der Waals surface area (Å²) in [5, 5.41) is 2.68. The molecule has 8 heteroatoms. The number of carbonyl (C=O) groups excluding carboxylic acids is 1. The zero-order valence-corrected chi connectivity index (χ0v) is 16.2. The number of amides is 1. The van der Waals surface area contributed by atoms with Crippen molar-refractivity contribution in [2.45, 2.75) is 26.2 Å². The predicted octanol–water partition coefficient (Wildman–Crippen LogP) is 3.88. The molecule has 0 radical (unpaired) electrons. The third-order valence-corrected chi connectivity index (χ3v) is 5.16. The molecule has 2 aromatic rings. The summed E-state index contributed by atoms with van der Waals surface area (Å²) in [4.78, 5) is 12.1. The quantitative estimate of drug-likeness (QED) is 0.772. The summed E-state index contributed by atoms with van der Waals surface area (Å²) in [5.41, 5.74) is 1.42. The summed E-state index contributed by atoms with van der Waals surface area (Å²) >= 11 is 0. The molecule has 5 nitrogen and oxygen atoms in total. The fraction of sp³-hybridized carbons (Fsp3) is 0.316. The number of nitrogens with one attached hydrogen (secondary N) is 1. The molecular weight excluding hydrogens is 374 g/mol. The average molecular weight is 396 g/mol. The van der Waals surface area contributed by atoms with E-state index in [1.165, 1.54) is 0 Å². The first-order valence-corrected chi connectivity index (χ1v) is 10.3. The lowest BCUT2D eigenvalue weighted by molar-refractivity contribution is -0.116. The Morgan fingerprint density at radius 1 is 1.11 bits per heavy atom. The van der Waals surface area contributed by atoms with Crippen LogP contribution in [0.15, 0.2) is 42.5 Å². The zero-order valence-electron chi connectivity index (χ0n) is 15.4. The molecule has 0 bridgehead atoms. The molecule has 27 heavy (non-hydrogen) atoms. The molecular formula is C19H22F2N2O3S. The van der Waals surface area contributed by atoms with Crippen LogP contribution < -0.4 is 9.62 Å². The molecule has 0 spiro atoms. The number of halogens is 2. The van der Waals surface area contributed by atoms with Crippen LogP contribution in [0.1, 0.15) is 31.7 Å². The minimum absolute atomic E-state index is 0.185. The maximum Gasteiger partial charge on any atom is 0.232 e. The van der Waals surface area contributed by atoms with Crippen LogP contribution >= 0.6 is 0 Å². The van der Waals surface area contributed by atoms with Crippen LogP contribution in [-0.2, 0) is 14.8 Å². The second-order valence-electron chi connectivity index (χ2n) is 6.51. The molecule has 1 N–H and O–H groups in total. The Balaban J connectivity index is 2.07. The SMILES string of the molecule is CC(C)c1ccc(NC(=O)CCN(c2ccc(F)cc2F)S(C)(=O)=O)cc1. The first kappa shape index (κ1) is 20.8. The predicted molar refractivity (Wildman–Crippen MR) is 102 cm³/mol. The maximum atomic E-state index is 14.0. The summed E-state index contributed by atoms with van der Waals surface area (Å²) in [6.07, 6.45) is 0.716. The summed E-state index contributed by atoms with van der Waals surface area (Å²) in [6, 6.07) is 9.93. The van der Waals surface area contributed by atoms with Crippen LogP contribution in [0, 0.1) is 11.6 Å². The number of hydrogen-bond donors (Lipinski definition) is 1. The Morgan fingerprint density at radius 3 is 2.26 bits per heavy atom. The van der Waals surface area contributed by atoms with E-state index in [-0.39, 0.29) is 18.7 Å². The molecule has 0 aliphatic carbocycles. The zero-order chi connectivity index (χ0) is 20.2. The lowest BCUT2D eigenvalue weighted by atomic mass is 10.0. The van der Waals surface area contributed by atoms with Gasteiger partial charge in [-0.25, -0.2) is 17.2 Å². The number of hydrogen-bond acceptors (Lipinski definition) is 3. The maximum absolute atomic E-state index is 14.0. The second kappa shape index (κ2) is 8.47. The van der Waals surface area contributed by atoms with Gasteiger partial charge >= 0.3 is 0 Å². The van der Waals surface area contributed by atoms with Gasteiger partial charge in [0.2, 0.25) is 15.9 Å². The van der Waals surface area contributed by atoms with E-state index in [2.05, 4.69) is 19.2 Å². The molecule has 2 rings (SSSR count). The van der Waals surface area contributed by atoms with E-state index in [9.17, 15) is 22.0 Å². The largest absolute Gasteiger partial charge is 0.326 e. The van der Waals surface area contributed by atoms with Gasteiger partial charge in [-0.1, -0.05) is 26.0 Å². The molecule has 0 atom stereocenters. The van der Waals surface area contributed by atoms with Crippen molar-refractivity contribution in [3.05, 3.63) is 59.7 Å². The number of benzene rings is 2. The van der Waals surface area contributed by atoms with Gasteiger partial charge in [-0.2, -0.15) is 0 Å². The Kier molecular flexibility index (Phi) is 6.54. The third kappa shape index (κ3) is 5.75. The molecule has 0 heterocycles. The molecule has 0 fully saturated rings. The summed E-state index contributed by atoms with van der Waals surface area (Å²) < 4.78 is 51.7. The normalized spacial score (nSPS) is 11.5. The van der Waals surface area contributed by atoms with Crippen molar-refractivity contribution in [1.29, 1.82) is 0 Å². The van der Waals surface area contributed by atoms with Crippen molar-refractivity contribution in [2.24, 2.45) is 0 Å². The van der Waals surface area contributed by atoms with E-state index in [4.69, 9.17) is 0 Å². The third-order valence-electron chi connectivity index (χ3n) is 3.98. The van der Waals surface area contributed by atoms with Crippen molar-refractivity contribution < 1.29 is 22.0 Å². The first-order valence-electron chi connectivity index (χ1n) is 8.40. The van der Waals surface area contributed by atoms with Crippen LogP contribution in [0.2, 0.25) is 0 Å². The smallest absolute Gasteiger partial charge is 0.232 e. The Labute approximate surface area is 158 Å². The second-order valence-corrected chi connectivity index (χ2v) is 8.41. The molecule has 1 amide bonds. The van der Waals surface area contributed by atoms with Gasteiger partial charge in [0.15, 0.2) is 0 Å². The van der Waals surface area contributed by atoms with Crippen molar-refractivity contribution in [3.8, 4) is 0 Å². The van der Waals surface area contributed by atoms with Crippen molar-refractivity contribution in [2.75, 3.05) is 22.4 Å². The van der Waals surface area contributed by atoms with Crippen LogP contribution in [0.3, 0.4) is 0 Å². The van der Waals surface area contributed by atoms with Gasteiger partial charge in [0, 0.05) is 24.7 Å². The van der Waals surface area contributed by atoms with Crippen LogP contribution in [-0.4, -0.2) is 27.1 Å². The summed E-state index contributed by atoms with van der Waals surface area (Å²) in [5.74, 6) is -1.87. The molecule has 146 valence electrons. The van der Waals surface area contributed by atoms with Gasteiger partial charge in [0.1, 0.15) is 11.6 Å². The molecule has 0 aromatic heterocycles. The van der Waals surface area contributed by atoms with Crippen molar-refractivity contribution in [3.63, 3.8) is 0 Å². The van der Waals surface area contributed by atoms with Gasteiger partial charge in [-0.3, -0.25) is 9.10 Å². The van der Waals surface area contributed by atoms with Gasteiger partial charge in [-0.15, -0.1) is 0 Å². The number of rotatable bonds is 7. The molecule has 0 saturated carbocycles. The Morgan fingerprint density at radius 2 is 1.74 bits per heavy atom. The minimum atomic E-state index is -3.85. The molecule has 2 aromatic carbocycles. The highest BCUT2D eigenvalue weighted by atomic mass is 32.2. The van der Waals surface area contributed by atoms with E-state index in [1.807, 2.05) is 12.1 Å². The van der Waals surface area contributed by atoms with E-state index in [1.54, 1.807) is 12.1 Å². The van der Waals surface area contributed by atoms with Crippen LogP contribution in [0.4, 0.5) is 20.2 Å². The van der Waals surface area contributed by atoms with Crippen molar-refractivity contribution >= 4 is 27.3 Å². The van der Waals surface area contributed by atoms with E-state index in [0.717, 1.165) is 28.3 Å². The lowest BCUT2D eigenvalue weighted by Gasteiger charge is -2.22. The highest BCUT2D eigenvalue weighted by molar-refractivity contribution is 7.92. The highest BCUT2D eigenvalue weighted by Crippen LogP contribution is 2.23. The summed E-state index contributed by atoms with van der Waals surface area (Å²) in [7, 11) is -3.85. The van der Waals surface area contributed by atoms with Gasteiger partial charge in [-0.05, 0) is 35.7 Å². The van der Waals surface area contributed by atoms with Gasteiger partial charge < -0.3 is 5.32 Å². The Bertz CT molecular complexity index is 913. The van der Waals surface area contributed by atoms with Crippen LogP contribution in [0.25, 0.3) is 0 Å². The number of carbonyl (C=O) groups is 1. The molecule has 0 aliphatic rings. The van der Waals surface area contributed by atoms with E-state index >= 15 is 0 Å². The number of sulfonamides is 1. The monoisotopic (exact) mass is 396 g/mol. The Hall–Kier alpha value is -2.48.